The number of rotatable bonds is 6. The summed E-state index contributed by atoms with van der Waals surface area (Å²) in [5, 5.41) is 6.18. The van der Waals surface area contributed by atoms with Gasteiger partial charge in [0.1, 0.15) is 4.90 Å². The maximum absolute atomic E-state index is 12.4. The van der Waals surface area contributed by atoms with Crippen LogP contribution in [0, 0.1) is 0 Å². The summed E-state index contributed by atoms with van der Waals surface area (Å²) in [6.45, 7) is 0. The summed E-state index contributed by atoms with van der Waals surface area (Å²) in [5.41, 5.74) is 1.78. The first-order chi connectivity index (χ1) is 12.8. The van der Waals surface area contributed by atoms with E-state index in [4.69, 9.17) is 5.14 Å². The van der Waals surface area contributed by atoms with E-state index in [2.05, 4.69) is 16.9 Å². The van der Waals surface area contributed by atoms with Gasteiger partial charge in [0.15, 0.2) is 0 Å². The molecule has 0 bridgehead atoms. The lowest BCUT2D eigenvalue weighted by Crippen LogP contribution is -2.17. The molecule has 2 aromatic rings. The minimum absolute atomic E-state index is 0.0864. The van der Waals surface area contributed by atoms with Crippen LogP contribution in [0.25, 0.3) is 6.08 Å². The Labute approximate surface area is 159 Å². The molecule has 1 aliphatic rings. The Morgan fingerprint density at radius 3 is 2.41 bits per heavy atom. The van der Waals surface area contributed by atoms with Crippen molar-refractivity contribution in [2.45, 2.75) is 23.7 Å². The molecule has 27 heavy (non-hydrogen) atoms. The largest absolute Gasteiger partial charge is 0.279 e. The van der Waals surface area contributed by atoms with E-state index in [1.807, 2.05) is 24.3 Å². The number of allylic oxidation sites excluding steroid dienone is 2. The van der Waals surface area contributed by atoms with Crippen molar-refractivity contribution in [1.82, 2.24) is 0 Å². The molecule has 0 saturated carbocycles. The zero-order valence-electron chi connectivity index (χ0n) is 14.4. The Bertz CT molecular complexity index is 1100. The molecule has 1 aliphatic carbocycles. The number of primary sulfonamides is 1. The molecule has 0 heterocycles. The van der Waals surface area contributed by atoms with E-state index in [0.29, 0.717) is 0 Å². The number of hydrogen-bond acceptors (Lipinski definition) is 4. The highest BCUT2D eigenvalue weighted by Gasteiger charge is 2.17. The lowest BCUT2D eigenvalue weighted by Gasteiger charge is -2.12. The summed E-state index contributed by atoms with van der Waals surface area (Å²) < 4.78 is 50.4. The first-order valence-electron chi connectivity index (χ1n) is 8.34. The van der Waals surface area contributed by atoms with Crippen molar-refractivity contribution in [2.24, 2.45) is 5.14 Å². The van der Waals surface area contributed by atoms with Gasteiger partial charge in [-0.3, -0.25) is 4.72 Å². The monoisotopic (exact) mass is 404 g/mol. The van der Waals surface area contributed by atoms with Gasteiger partial charge in [-0.05, 0) is 42.2 Å². The van der Waals surface area contributed by atoms with E-state index in [-0.39, 0.29) is 16.5 Å². The maximum atomic E-state index is 12.4. The predicted octanol–water partition coefficient (Wildman–Crippen LogP) is 3.18. The van der Waals surface area contributed by atoms with Crippen LogP contribution in [-0.2, 0) is 20.0 Å². The van der Waals surface area contributed by atoms with Gasteiger partial charge in [0.05, 0.1) is 11.1 Å². The second-order valence-corrected chi connectivity index (χ2v) is 9.33. The molecule has 8 heteroatoms. The molecule has 1 unspecified atom stereocenters. The Hall–Kier alpha value is -2.42. The zero-order valence-corrected chi connectivity index (χ0v) is 16.1. The summed E-state index contributed by atoms with van der Waals surface area (Å²) in [6.07, 6.45) is 7.77. The summed E-state index contributed by atoms with van der Waals surface area (Å²) in [4.78, 5) is -0.279. The third-order valence-electron chi connectivity index (χ3n) is 4.28. The van der Waals surface area contributed by atoms with E-state index in [1.165, 1.54) is 30.3 Å². The van der Waals surface area contributed by atoms with Crippen LogP contribution in [0.1, 0.15) is 29.9 Å². The fourth-order valence-electron chi connectivity index (χ4n) is 3.04. The second-order valence-electron chi connectivity index (χ2n) is 6.23. The van der Waals surface area contributed by atoms with Gasteiger partial charge in [-0.2, -0.15) is 0 Å². The van der Waals surface area contributed by atoms with Crippen LogP contribution in [0.2, 0.25) is 0 Å². The molecule has 0 amide bonds. The molecule has 1 atom stereocenters. The van der Waals surface area contributed by atoms with Gasteiger partial charge in [-0.25, -0.2) is 22.0 Å². The number of nitrogens with two attached hydrogens (primary N) is 1. The lowest BCUT2D eigenvalue weighted by molar-refractivity contribution is 0.598. The van der Waals surface area contributed by atoms with Gasteiger partial charge in [0.2, 0.25) is 10.0 Å². The van der Waals surface area contributed by atoms with E-state index in [1.54, 1.807) is 0 Å². The zero-order chi connectivity index (χ0) is 19.5. The first-order valence-corrected chi connectivity index (χ1v) is 11.4. The SMILES string of the molecule is NS(=O)(=O)c1ccccc1NS(=O)(=O)/C=C/c1ccccc1C1C=CCC1. The van der Waals surface area contributed by atoms with Gasteiger partial charge >= 0.3 is 0 Å². The fourth-order valence-corrected chi connectivity index (χ4v) is 4.68. The summed E-state index contributed by atoms with van der Waals surface area (Å²) in [6, 6.07) is 13.2. The van der Waals surface area contributed by atoms with Crippen LogP contribution >= 0.6 is 0 Å². The van der Waals surface area contributed by atoms with Crippen molar-refractivity contribution in [3.05, 3.63) is 77.2 Å². The third kappa shape index (κ3) is 4.85. The van der Waals surface area contributed by atoms with Crippen molar-refractivity contribution < 1.29 is 16.8 Å². The molecular weight excluding hydrogens is 384 g/mol. The van der Waals surface area contributed by atoms with Gasteiger partial charge in [0.25, 0.3) is 10.0 Å². The molecule has 6 nitrogen and oxygen atoms in total. The standard InChI is InChI=1S/C19H20N2O4S2/c20-27(24,25)19-12-6-5-11-18(19)21-26(22,23)14-13-16-9-3-4-10-17(16)15-7-1-2-8-15/h1,3-7,9-15,21H,2,8H2,(H2,20,24,25)/b14-13+. The molecule has 3 rings (SSSR count). The number of para-hydroxylation sites is 1. The quantitative estimate of drug-likeness (QED) is 0.721. The van der Waals surface area contributed by atoms with E-state index in [9.17, 15) is 16.8 Å². The molecule has 0 saturated heterocycles. The van der Waals surface area contributed by atoms with Gasteiger partial charge < -0.3 is 0 Å². The van der Waals surface area contributed by atoms with Gasteiger partial charge in [0, 0.05) is 5.92 Å². The molecule has 0 spiro atoms. The van der Waals surface area contributed by atoms with Gasteiger partial charge in [-0.1, -0.05) is 48.6 Å². The minimum atomic E-state index is -4.05. The van der Waals surface area contributed by atoms with Crippen molar-refractivity contribution in [3.63, 3.8) is 0 Å². The Kier molecular flexibility index (Phi) is 5.50. The Balaban J connectivity index is 1.88. The third-order valence-corrected chi connectivity index (χ3v) is 6.25. The van der Waals surface area contributed by atoms with Crippen LogP contribution in [0.4, 0.5) is 5.69 Å². The summed E-state index contributed by atoms with van der Waals surface area (Å²) in [5.74, 6) is 0.268. The highest BCUT2D eigenvalue weighted by molar-refractivity contribution is 7.95. The second kappa shape index (κ2) is 7.67. The molecule has 3 N–H and O–H groups in total. The summed E-state index contributed by atoms with van der Waals surface area (Å²) >= 11 is 0. The van der Waals surface area contributed by atoms with Gasteiger partial charge in [-0.15, -0.1) is 0 Å². The van der Waals surface area contributed by atoms with Crippen LogP contribution in [0.3, 0.4) is 0 Å². The smallest absolute Gasteiger partial charge is 0.255 e. The number of benzene rings is 2. The Morgan fingerprint density at radius 2 is 1.70 bits per heavy atom. The number of hydrogen-bond donors (Lipinski definition) is 2. The van der Waals surface area contributed by atoms with Crippen LogP contribution in [0.5, 0.6) is 0 Å². The highest BCUT2D eigenvalue weighted by Crippen LogP contribution is 2.31. The molecule has 0 fully saturated rings. The Morgan fingerprint density at radius 1 is 1.00 bits per heavy atom. The predicted molar refractivity (Wildman–Crippen MR) is 107 cm³/mol. The minimum Gasteiger partial charge on any atom is -0.279 e. The fraction of sp³-hybridized carbons (Fsp3) is 0.158. The average molecular weight is 405 g/mol. The molecule has 142 valence electrons. The van der Waals surface area contributed by atoms with Crippen molar-refractivity contribution >= 4 is 31.8 Å². The summed E-state index contributed by atoms with van der Waals surface area (Å²) in [7, 11) is -7.97. The first kappa shape index (κ1) is 19.3. The highest BCUT2D eigenvalue weighted by atomic mass is 32.2. The van der Waals surface area contributed by atoms with Crippen molar-refractivity contribution in [3.8, 4) is 0 Å². The number of nitrogens with one attached hydrogen (secondary N) is 1. The molecule has 0 aromatic heterocycles. The van der Waals surface area contributed by atoms with E-state index >= 15 is 0 Å². The normalized spacial score (nSPS) is 17.4. The van der Waals surface area contributed by atoms with E-state index in [0.717, 1.165) is 29.4 Å². The van der Waals surface area contributed by atoms with Crippen LogP contribution < -0.4 is 9.86 Å². The molecule has 0 aliphatic heterocycles. The maximum Gasteiger partial charge on any atom is 0.255 e. The lowest BCUT2D eigenvalue weighted by atomic mass is 9.94. The molecule has 2 aromatic carbocycles. The van der Waals surface area contributed by atoms with Crippen molar-refractivity contribution in [1.29, 1.82) is 0 Å². The number of anilines is 1. The molecular formula is C19H20N2O4S2. The van der Waals surface area contributed by atoms with E-state index < -0.39 is 20.0 Å². The molecule has 0 radical (unpaired) electrons. The van der Waals surface area contributed by atoms with Crippen LogP contribution in [0.15, 0.2) is 71.0 Å². The topological polar surface area (TPSA) is 106 Å². The van der Waals surface area contributed by atoms with Crippen molar-refractivity contribution in [2.75, 3.05) is 4.72 Å². The average Bonchev–Trinajstić information content (AvgIpc) is 3.14. The van der Waals surface area contributed by atoms with Crippen LogP contribution in [-0.4, -0.2) is 16.8 Å². The number of sulfonamides is 2.